The van der Waals surface area contributed by atoms with E-state index in [2.05, 4.69) is 21.4 Å². The lowest BCUT2D eigenvalue weighted by molar-refractivity contribution is 0.0929. The van der Waals surface area contributed by atoms with Crippen LogP contribution < -0.4 is 24.3 Å². The van der Waals surface area contributed by atoms with Crippen LogP contribution in [-0.4, -0.2) is 49.9 Å². The van der Waals surface area contributed by atoms with Crippen molar-refractivity contribution in [2.45, 2.75) is 26.4 Å². The zero-order chi connectivity index (χ0) is 23.5. The SMILES string of the molecule is COc1ccc(C(=O)NC[C@@H]2Cc3cc(-c4nc(C)cnc4C)ccc3O2)c(OC)c1OC. The highest BCUT2D eigenvalue weighted by atomic mass is 16.5. The van der Waals surface area contributed by atoms with Gasteiger partial charge in [-0.1, -0.05) is 0 Å². The van der Waals surface area contributed by atoms with Gasteiger partial charge in [-0.15, -0.1) is 0 Å². The second-order valence-corrected chi connectivity index (χ2v) is 7.80. The maximum absolute atomic E-state index is 12.9. The number of carbonyl (C=O) groups excluding carboxylic acids is 1. The molecule has 0 unspecified atom stereocenters. The minimum Gasteiger partial charge on any atom is -0.493 e. The van der Waals surface area contributed by atoms with Crippen LogP contribution in [0, 0.1) is 13.8 Å². The summed E-state index contributed by atoms with van der Waals surface area (Å²) in [6.45, 7) is 4.23. The van der Waals surface area contributed by atoms with Gasteiger partial charge in [0, 0.05) is 18.2 Å². The van der Waals surface area contributed by atoms with Crippen LogP contribution in [0.1, 0.15) is 27.3 Å². The number of nitrogens with one attached hydrogen (secondary N) is 1. The summed E-state index contributed by atoms with van der Waals surface area (Å²) in [5, 5.41) is 2.94. The zero-order valence-electron chi connectivity index (χ0n) is 19.4. The Morgan fingerprint density at radius 3 is 2.61 bits per heavy atom. The van der Waals surface area contributed by atoms with Gasteiger partial charge in [0.25, 0.3) is 5.91 Å². The Bertz CT molecular complexity index is 1190. The maximum atomic E-state index is 12.9. The fourth-order valence-electron chi connectivity index (χ4n) is 3.97. The Morgan fingerprint density at radius 2 is 1.88 bits per heavy atom. The number of nitrogens with zero attached hydrogens (tertiary/aromatic N) is 2. The van der Waals surface area contributed by atoms with Crippen LogP contribution in [0.5, 0.6) is 23.0 Å². The standard InChI is InChI=1S/C25H27N3O5/c1-14-12-26-15(2)22(28-14)16-6-8-20-17(10-16)11-18(33-20)13-27-25(29)19-7-9-21(30-3)24(32-5)23(19)31-4/h6-10,12,18H,11,13H2,1-5H3,(H,27,29)/t18-/m0/s1. The van der Waals surface area contributed by atoms with Crippen molar-refractivity contribution in [2.24, 2.45) is 0 Å². The van der Waals surface area contributed by atoms with E-state index in [4.69, 9.17) is 18.9 Å². The van der Waals surface area contributed by atoms with Crippen LogP contribution in [0.15, 0.2) is 36.5 Å². The fourth-order valence-corrected chi connectivity index (χ4v) is 3.97. The average molecular weight is 450 g/mol. The lowest BCUT2D eigenvalue weighted by Gasteiger charge is -2.16. The molecule has 1 aliphatic heterocycles. The fraction of sp³-hybridized carbons (Fsp3) is 0.320. The van der Waals surface area contributed by atoms with Gasteiger partial charge in [-0.2, -0.15) is 0 Å². The average Bonchev–Trinajstić information content (AvgIpc) is 3.25. The summed E-state index contributed by atoms with van der Waals surface area (Å²) in [7, 11) is 4.52. The van der Waals surface area contributed by atoms with E-state index in [9.17, 15) is 4.79 Å². The van der Waals surface area contributed by atoms with Gasteiger partial charge < -0.3 is 24.3 Å². The number of benzene rings is 2. The number of carbonyl (C=O) groups is 1. The molecule has 1 N–H and O–H groups in total. The van der Waals surface area contributed by atoms with Crippen molar-refractivity contribution in [1.29, 1.82) is 0 Å². The molecule has 1 aliphatic rings. The van der Waals surface area contributed by atoms with Gasteiger partial charge >= 0.3 is 0 Å². The number of rotatable bonds is 7. The molecule has 0 fully saturated rings. The molecule has 1 atom stereocenters. The second kappa shape index (κ2) is 9.36. The van der Waals surface area contributed by atoms with Crippen LogP contribution in [0.2, 0.25) is 0 Å². The van der Waals surface area contributed by atoms with E-state index in [1.165, 1.54) is 21.3 Å². The maximum Gasteiger partial charge on any atom is 0.255 e. The van der Waals surface area contributed by atoms with Crippen LogP contribution in [-0.2, 0) is 6.42 Å². The third kappa shape index (κ3) is 4.41. The van der Waals surface area contributed by atoms with E-state index in [-0.39, 0.29) is 12.0 Å². The lowest BCUT2D eigenvalue weighted by atomic mass is 10.0. The molecule has 0 bridgehead atoms. The van der Waals surface area contributed by atoms with E-state index in [0.717, 1.165) is 34.0 Å². The molecule has 172 valence electrons. The zero-order valence-corrected chi connectivity index (χ0v) is 19.4. The molecular formula is C25H27N3O5. The van der Waals surface area contributed by atoms with Gasteiger partial charge in [-0.25, -0.2) is 4.98 Å². The summed E-state index contributed by atoms with van der Waals surface area (Å²) in [4.78, 5) is 21.9. The molecule has 0 saturated carbocycles. The third-order valence-electron chi connectivity index (χ3n) is 5.59. The minimum atomic E-state index is -0.279. The highest BCUT2D eigenvalue weighted by Gasteiger charge is 2.26. The van der Waals surface area contributed by atoms with Gasteiger partial charge in [0.05, 0.1) is 50.5 Å². The predicted octanol–water partition coefficient (Wildman–Crippen LogP) is 3.52. The summed E-state index contributed by atoms with van der Waals surface area (Å²) in [5.74, 6) is 1.73. The first kappa shape index (κ1) is 22.4. The predicted molar refractivity (Wildman–Crippen MR) is 123 cm³/mol. The number of hydrogen-bond acceptors (Lipinski definition) is 7. The van der Waals surface area contributed by atoms with Crippen molar-refractivity contribution in [2.75, 3.05) is 27.9 Å². The summed E-state index contributed by atoms with van der Waals surface area (Å²) in [5.41, 5.74) is 5.08. The molecule has 0 spiro atoms. The summed E-state index contributed by atoms with van der Waals surface area (Å²) >= 11 is 0. The molecule has 0 radical (unpaired) electrons. The van der Waals surface area contributed by atoms with Crippen LogP contribution in [0.4, 0.5) is 0 Å². The summed E-state index contributed by atoms with van der Waals surface area (Å²) in [6, 6.07) is 9.36. The van der Waals surface area contributed by atoms with Gasteiger partial charge in [-0.05, 0) is 49.7 Å². The van der Waals surface area contributed by atoms with Crippen molar-refractivity contribution < 1.29 is 23.7 Å². The molecule has 8 nitrogen and oxygen atoms in total. The van der Waals surface area contributed by atoms with Crippen LogP contribution >= 0.6 is 0 Å². The third-order valence-corrected chi connectivity index (χ3v) is 5.59. The van der Waals surface area contributed by atoms with E-state index in [1.807, 2.05) is 26.0 Å². The molecule has 0 saturated heterocycles. The monoisotopic (exact) mass is 449 g/mol. The topological polar surface area (TPSA) is 91.8 Å². The van der Waals surface area contributed by atoms with Crippen molar-refractivity contribution in [3.05, 3.63) is 59.0 Å². The van der Waals surface area contributed by atoms with Crippen LogP contribution in [0.3, 0.4) is 0 Å². The molecule has 1 aromatic heterocycles. The number of hydrogen-bond donors (Lipinski definition) is 1. The first-order valence-electron chi connectivity index (χ1n) is 10.6. The molecule has 0 aliphatic carbocycles. The van der Waals surface area contributed by atoms with Crippen molar-refractivity contribution in [1.82, 2.24) is 15.3 Å². The highest BCUT2D eigenvalue weighted by Crippen LogP contribution is 2.39. The van der Waals surface area contributed by atoms with Crippen molar-refractivity contribution >= 4 is 5.91 Å². The molecule has 33 heavy (non-hydrogen) atoms. The highest BCUT2D eigenvalue weighted by molar-refractivity contribution is 5.98. The molecule has 3 aromatic rings. The first-order chi connectivity index (χ1) is 15.9. The molecule has 4 rings (SSSR count). The van der Waals surface area contributed by atoms with Crippen LogP contribution in [0.25, 0.3) is 11.3 Å². The Balaban J connectivity index is 1.46. The van der Waals surface area contributed by atoms with Crippen molar-refractivity contribution in [3.8, 4) is 34.3 Å². The van der Waals surface area contributed by atoms with Gasteiger partial charge in [0.2, 0.25) is 5.75 Å². The Labute approximate surface area is 192 Å². The van der Waals surface area contributed by atoms with Gasteiger partial charge in [0.1, 0.15) is 11.9 Å². The quantitative estimate of drug-likeness (QED) is 0.590. The van der Waals surface area contributed by atoms with Gasteiger partial charge in [0.15, 0.2) is 11.5 Å². The van der Waals surface area contributed by atoms with Crippen molar-refractivity contribution in [3.63, 3.8) is 0 Å². The second-order valence-electron chi connectivity index (χ2n) is 7.80. The first-order valence-corrected chi connectivity index (χ1v) is 10.6. The largest absolute Gasteiger partial charge is 0.493 e. The normalized spacial score (nSPS) is 14.3. The van der Waals surface area contributed by atoms with E-state index in [0.29, 0.717) is 35.8 Å². The summed E-state index contributed by atoms with van der Waals surface area (Å²) in [6.07, 6.45) is 2.28. The van der Waals surface area contributed by atoms with E-state index >= 15 is 0 Å². The molecule has 2 aromatic carbocycles. The lowest BCUT2D eigenvalue weighted by Crippen LogP contribution is -2.34. The summed E-state index contributed by atoms with van der Waals surface area (Å²) < 4.78 is 22.1. The van der Waals surface area contributed by atoms with Gasteiger partial charge in [-0.3, -0.25) is 9.78 Å². The Hall–Kier alpha value is -3.81. The number of aromatic nitrogens is 2. The molecule has 1 amide bonds. The number of aryl methyl sites for hydroxylation is 2. The minimum absolute atomic E-state index is 0.171. The number of amides is 1. The molecule has 8 heteroatoms. The van der Waals surface area contributed by atoms with E-state index < -0.39 is 0 Å². The number of ether oxygens (including phenoxy) is 4. The molecule has 2 heterocycles. The van der Waals surface area contributed by atoms with E-state index in [1.54, 1.807) is 18.3 Å². The molecular weight excluding hydrogens is 422 g/mol. The smallest absolute Gasteiger partial charge is 0.255 e. The Kier molecular flexibility index (Phi) is 6.35. The Morgan fingerprint density at radius 1 is 1.09 bits per heavy atom. The number of methoxy groups -OCH3 is 3. The number of fused-ring (bicyclic) bond motifs is 1.